The van der Waals surface area contributed by atoms with Gasteiger partial charge in [-0.3, -0.25) is 0 Å². The molecule has 0 bridgehead atoms. The van der Waals surface area contributed by atoms with Crippen LogP contribution in [-0.4, -0.2) is 31.8 Å². The van der Waals surface area contributed by atoms with E-state index in [0.29, 0.717) is 22.6 Å². The highest BCUT2D eigenvalue weighted by Crippen LogP contribution is 2.37. The zero-order chi connectivity index (χ0) is 17.4. The normalized spacial score (nSPS) is 10.9. The van der Waals surface area contributed by atoms with Crippen LogP contribution < -0.4 is 10.4 Å². The molecule has 7 nitrogen and oxygen atoms in total. The van der Waals surface area contributed by atoms with Crippen molar-refractivity contribution < 1.29 is 9.84 Å². The average Bonchev–Trinajstić information content (AvgIpc) is 3.03. The monoisotopic (exact) mass is 334 g/mol. The number of H-pyrrole nitrogens is 1. The van der Waals surface area contributed by atoms with E-state index in [1.54, 1.807) is 18.3 Å². The molecule has 2 heterocycles. The molecule has 0 aliphatic carbocycles. The average molecular weight is 334 g/mol. The van der Waals surface area contributed by atoms with Gasteiger partial charge >= 0.3 is 5.69 Å². The highest BCUT2D eigenvalue weighted by molar-refractivity contribution is 5.84. The van der Waals surface area contributed by atoms with Gasteiger partial charge in [0.25, 0.3) is 5.78 Å². The van der Waals surface area contributed by atoms with E-state index < -0.39 is 5.69 Å². The van der Waals surface area contributed by atoms with Crippen LogP contribution in [0.1, 0.15) is 0 Å². The fraction of sp³-hybridized carbons (Fsp3) is 0.0556. The topological polar surface area (TPSA) is 92.5 Å². The van der Waals surface area contributed by atoms with Crippen LogP contribution in [0.2, 0.25) is 0 Å². The van der Waals surface area contributed by atoms with Gasteiger partial charge in [-0.2, -0.15) is 0 Å². The Morgan fingerprint density at radius 2 is 1.92 bits per heavy atom. The molecule has 4 aromatic rings. The Morgan fingerprint density at radius 3 is 2.64 bits per heavy atom. The van der Waals surface area contributed by atoms with Crippen molar-refractivity contribution in [3.8, 4) is 33.9 Å². The lowest BCUT2D eigenvalue weighted by Crippen LogP contribution is -2.13. The van der Waals surface area contributed by atoms with Crippen LogP contribution in [0.15, 0.2) is 59.5 Å². The molecule has 0 amide bonds. The van der Waals surface area contributed by atoms with E-state index in [4.69, 9.17) is 4.74 Å². The summed E-state index contributed by atoms with van der Waals surface area (Å²) in [5.74, 6) is 0.840. The number of ether oxygens (including phenoxy) is 1. The summed E-state index contributed by atoms with van der Waals surface area (Å²) >= 11 is 0. The minimum Gasteiger partial charge on any atom is -0.507 e. The molecule has 0 fully saturated rings. The number of hydrogen-bond acceptors (Lipinski definition) is 5. The Balaban J connectivity index is 2.08. The number of phenolic OH excluding ortho intramolecular Hbond substituents is 1. The van der Waals surface area contributed by atoms with E-state index in [9.17, 15) is 9.90 Å². The summed E-state index contributed by atoms with van der Waals surface area (Å²) in [4.78, 5) is 16.5. The first kappa shape index (κ1) is 14.9. The molecule has 124 valence electrons. The second-order valence-electron chi connectivity index (χ2n) is 5.43. The number of methoxy groups -OCH3 is 1. The van der Waals surface area contributed by atoms with Gasteiger partial charge in [0.1, 0.15) is 11.5 Å². The summed E-state index contributed by atoms with van der Waals surface area (Å²) in [6, 6.07) is 14.4. The third-order valence-corrected chi connectivity index (χ3v) is 3.98. The zero-order valence-corrected chi connectivity index (χ0v) is 13.3. The predicted octanol–water partition coefficient (Wildman–Crippen LogP) is 2.47. The van der Waals surface area contributed by atoms with Crippen LogP contribution in [0, 0.1) is 0 Å². The molecule has 4 rings (SSSR count). The summed E-state index contributed by atoms with van der Waals surface area (Å²) in [7, 11) is 1.53. The van der Waals surface area contributed by atoms with Gasteiger partial charge in [-0.25, -0.2) is 19.3 Å². The number of nitrogens with zero attached hydrogens (tertiary/aromatic N) is 3. The lowest BCUT2D eigenvalue weighted by Gasteiger charge is -2.13. The number of nitrogens with one attached hydrogen (secondary N) is 1. The van der Waals surface area contributed by atoms with Crippen molar-refractivity contribution in [2.75, 3.05) is 7.11 Å². The van der Waals surface area contributed by atoms with Crippen LogP contribution in [0.5, 0.6) is 11.5 Å². The molecule has 0 aliphatic rings. The van der Waals surface area contributed by atoms with E-state index in [2.05, 4.69) is 15.2 Å². The van der Waals surface area contributed by atoms with Crippen LogP contribution >= 0.6 is 0 Å². The number of aromatic amines is 1. The summed E-state index contributed by atoms with van der Waals surface area (Å²) in [6.07, 6.45) is 1.60. The first-order chi connectivity index (χ1) is 12.2. The zero-order valence-electron chi connectivity index (χ0n) is 13.3. The van der Waals surface area contributed by atoms with Crippen molar-refractivity contribution in [2.24, 2.45) is 0 Å². The van der Waals surface area contributed by atoms with Gasteiger partial charge in [-0.15, -0.1) is 5.10 Å². The molecule has 7 heteroatoms. The second kappa shape index (κ2) is 5.79. The van der Waals surface area contributed by atoms with E-state index in [1.165, 1.54) is 17.6 Å². The number of rotatable bonds is 3. The molecule has 2 aromatic carbocycles. The minimum atomic E-state index is -0.392. The Morgan fingerprint density at radius 1 is 1.12 bits per heavy atom. The minimum absolute atomic E-state index is 0.0363. The molecular formula is C18H14N4O3. The molecule has 0 radical (unpaired) electrons. The van der Waals surface area contributed by atoms with Crippen molar-refractivity contribution in [1.29, 1.82) is 0 Å². The second-order valence-corrected chi connectivity index (χ2v) is 5.43. The van der Waals surface area contributed by atoms with Crippen molar-refractivity contribution in [2.45, 2.75) is 0 Å². The van der Waals surface area contributed by atoms with Crippen LogP contribution in [0.3, 0.4) is 0 Å². The van der Waals surface area contributed by atoms with Crippen molar-refractivity contribution >= 4 is 5.78 Å². The first-order valence-electron chi connectivity index (χ1n) is 7.58. The lowest BCUT2D eigenvalue weighted by atomic mass is 9.99. The summed E-state index contributed by atoms with van der Waals surface area (Å²) < 4.78 is 6.53. The van der Waals surface area contributed by atoms with Crippen LogP contribution in [0.25, 0.3) is 28.2 Å². The molecule has 25 heavy (non-hydrogen) atoms. The van der Waals surface area contributed by atoms with Gasteiger partial charge in [-0.1, -0.05) is 30.3 Å². The number of fused-ring (bicyclic) bond motifs is 1. The smallest absolute Gasteiger partial charge is 0.349 e. The molecule has 0 saturated heterocycles. The lowest BCUT2D eigenvalue weighted by molar-refractivity contribution is 0.408. The fourth-order valence-electron chi connectivity index (χ4n) is 2.82. The molecule has 0 atom stereocenters. The highest BCUT2D eigenvalue weighted by Gasteiger charge is 2.18. The van der Waals surface area contributed by atoms with E-state index >= 15 is 0 Å². The summed E-state index contributed by atoms with van der Waals surface area (Å²) in [5, 5.41) is 16.8. The van der Waals surface area contributed by atoms with Gasteiger partial charge in [0.05, 0.1) is 12.8 Å². The molecule has 0 aliphatic heterocycles. The Kier molecular flexibility index (Phi) is 3.46. The molecule has 0 unspecified atom stereocenters. The number of hydrogen-bond donors (Lipinski definition) is 2. The SMILES string of the molecule is COc1ccc(-c2cnc3n[nH]c(=O)n3c2-c2ccccc2)c(O)c1. The van der Waals surface area contributed by atoms with Gasteiger partial charge in [0.2, 0.25) is 0 Å². The Hall–Kier alpha value is -3.61. The van der Waals surface area contributed by atoms with E-state index in [0.717, 1.165) is 5.56 Å². The van der Waals surface area contributed by atoms with Crippen LogP contribution in [-0.2, 0) is 0 Å². The standard InChI is InChI=1S/C18H14N4O3/c1-25-12-7-8-13(15(23)9-12)14-10-19-17-20-21-18(24)22(17)16(14)11-5-3-2-4-6-11/h2-10,23H,1H3,(H,21,24). The van der Waals surface area contributed by atoms with Crippen molar-refractivity contribution in [1.82, 2.24) is 19.6 Å². The number of aromatic nitrogens is 4. The first-order valence-corrected chi connectivity index (χ1v) is 7.58. The maximum atomic E-state index is 12.3. The summed E-state index contributed by atoms with van der Waals surface area (Å²) in [6.45, 7) is 0. The van der Waals surface area contributed by atoms with Crippen molar-refractivity contribution in [3.05, 3.63) is 65.2 Å². The number of phenols is 1. The van der Waals surface area contributed by atoms with E-state index in [-0.39, 0.29) is 11.5 Å². The van der Waals surface area contributed by atoms with Gasteiger partial charge < -0.3 is 9.84 Å². The molecule has 2 N–H and O–H groups in total. The Labute approximate surface area is 142 Å². The quantitative estimate of drug-likeness (QED) is 0.600. The van der Waals surface area contributed by atoms with Crippen LogP contribution in [0.4, 0.5) is 0 Å². The highest BCUT2D eigenvalue weighted by atomic mass is 16.5. The number of benzene rings is 2. The van der Waals surface area contributed by atoms with Gasteiger partial charge in [0.15, 0.2) is 0 Å². The molecular weight excluding hydrogens is 320 g/mol. The van der Waals surface area contributed by atoms with Gasteiger partial charge in [0, 0.05) is 23.4 Å². The third kappa shape index (κ3) is 2.42. The maximum Gasteiger partial charge on any atom is 0.349 e. The summed E-state index contributed by atoms with van der Waals surface area (Å²) in [5.41, 5.74) is 2.18. The van der Waals surface area contributed by atoms with Gasteiger partial charge in [-0.05, 0) is 17.7 Å². The molecule has 2 aromatic heterocycles. The number of aromatic hydroxyl groups is 1. The third-order valence-electron chi connectivity index (χ3n) is 3.98. The Bertz CT molecular complexity index is 1120. The molecule has 0 saturated carbocycles. The maximum absolute atomic E-state index is 12.3. The van der Waals surface area contributed by atoms with Crippen molar-refractivity contribution in [3.63, 3.8) is 0 Å². The fourth-order valence-corrected chi connectivity index (χ4v) is 2.82. The predicted molar refractivity (Wildman–Crippen MR) is 92.7 cm³/mol. The molecule has 0 spiro atoms. The van der Waals surface area contributed by atoms with E-state index in [1.807, 2.05) is 30.3 Å². The largest absolute Gasteiger partial charge is 0.507 e.